The van der Waals surface area contributed by atoms with E-state index in [-0.39, 0.29) is 18.2 Å². The molecule has 0 radical (unpaired) electrons. The Kier molecular flexibility index (Phi) is 4.46. The van der Waals surface area contributed by atoms with E-state index in [2.05, 4.69) is 30.4 Å². The number of carbonyl (C=O) groups is 2. The Morgan fingerprint density at radius 1 is 1.26 bits per heavy atom. The van der Waals surface area contributed by atoms with Crippen molar-refractivity contribution in [2.75, 3.05) is 23.3 Å². The van der Waals surface area contributed by atoms with Crippen molar-refractivity contribution in [1.82, 2.24) is 29.7 Å². The largest absolute Gasteiger partial charge is 0.369 e. The van der Waals surface area contributed by atoms with Crippen molar-refractivity contribution >= 4 is 34.1 Å². The number of amides is 2. The first-order chi connectivity index (χ1) is 13.1. The van der Waals surface area contributed by atoms with Crippen molar-refractivity contribution in [3.8, 4) is 5.82 Å². The van der Waals surface area contributed by atoms with Crippen LogP contribution in [0.4, 0.5) is 10.9 Å². The summed E-state index contributed by atoms with van der Waals surface area (Å²) in [6.45, 7) is 1.08. The first-order valence-corrected chi connectivity index (χ1v) is 8.92. The number of nitrogens with one attached hydrogen (secondary N) is 1. The van der Waals surface area contributed by atoms with E-state index in [0.717, 1.165) is 5.82 Å². The highest BCUT2D eigenvalue weighted by molar-refractivity contribution is 7.13. The molecular formula is C15H15N9O2S. The van der Waals surface area contributed by atoms with E-state index in [9.17, 15) is 9.59 Å². The molecule has 0 atom stereocenters. The van der Waals surface area contributed by atoms with Gasteiger partial charge in [0.15, 0.2) is 10.9 Å². The molecule has 0 spiro atoms. The van der Waals surface area contributed by atoms with Crippen LogP contribution in [0.1, 0.15) is 5.69 Å². The van der Waals surface area contributed by atoms with Gasteiger partial charge in [-0.25, -0.2) is 24.6 Å². The number of nitrogens with two attached hydrogens (primary N) is 1. The standard InChI is InChI=1S/C15H15N9O2S/c16-11(25)1-10-5-27-15(21-10)22-14(26)9-3-23(4-9)12-2-13(19-7-18-12)24-8-17-6-20-24/h2,5-9H,1,3-4H2,(H2,16,25)(H,21,22,26). The zero-order chi connectivity index (χ0) is 18.8. The molecule has 0 saturated carbocycles. The van der Waals surface area contributed by atoms with Crippen molar-refractivity contribution in [3.05, 3.63) is 36.1 Å². The van der Waals surface area contributed by atoms with E-state index in [1.807, 2.05) is 4.90 Å². The van der Waals surface area contributed by atoms with E-state index in [1.54, 1.807) is 22.5 Å². The van der Waals surface area contributed by atoms with Gasteiger partial charge in [0.1, 0.15) is 24.8 Å². The maximum Gasteiger partial charge on any atom is 0.232 e. The van der Waals surface area contributed by atoms with Gasteiger partial charge in [-0.05, 0) is 0 Å². The number of thiazole rings is 1. The number of primary amides is 1. The minimum Gasteiger partial charge on any atom is -0.369 e. The van der Waals surface area contributed by atoms with Crippen molar-refractivity contribution in [2.24, 2.45) is 11.7 Å². The second-order valence-corrected chi connectivity index (χ2v) is 6.81. The molecule has 1 aliphatic heterocycles. The zero-order valence-electron chi connectivity index (χ0n) is 14.0. The number of rotatable bonds is 6. The Morgan fingerprint density at radius 3 is 2.81 bits per heavy atom. The van der Waals surface area contributed by atoms with Crippen LogP contribution in [0.3, 0.4) is 0 Å². The van der Waals surface area contributed by atoms with E-state index in [4.69, 9.17) is 5.73 Å². The average molecular weight is 385 g/mol. The SMILES string of the molecule is NC(=O)Cc1csc(NC(=O)C2CN(c3cc(-n4cncn4)ncn3)C2)n1. The van der Waals surface area contributed by atoms with Gasteiger partial charge in [-0.15, -0.1) is 11.3 Å². The minimum absolute atomic E-state index is 0.0609. The molecule has 138 valence electrons. The summed E-state index contributed by atoms with van der Waals surface area (Å²) in [5, 5.41) is 8.99. The van der Waals surface area contributed by atoms with Gasteiger partial charge in [0, 0.05) is 24.5 Å². The maximum absolute atomic E-state index is 12.3. The number of anilines is 2. The summed E-state index contributed by atoms with van der Waals surface area (Å²) in [4.78, 5) is 41.7. The van der Waals surface area contributed by atoms with Crippen LogP contribution in [0, 0.1) is 5.92 Å². The molecular weight excluding hydrogens is 370 g/mol. The minimum atomic E-state index is -0.456. The fraction of sp³-hybridized carbons (Fsp3) is 0.267. The van der Waals surface area contributed by atoms with Gasteiger partial charge in [-0.1, -0.05) is 0 Å². The number of nitrogens with zero attached hydrogens (tertiary/aromatic N) is 7. The van der Waals surface area contributed by atoms with Crippen LogP contribution in [0.5, 0.6) is 0 Å². The molecule has 0 aromatic carbocycles. The molecule has 3 aromatic heterocycles. The molecule has 2 amide bonds. The molecule has 1 saturated heterocycles. The predicted molar refractivity (Wildman–Crippen MR) is 96.3 cm³/mol. The Morgan fingerprint density at radius 2 is 2.07 bits per heavy atom. The lowest BCUT2D eigenvalue weighted by molar-refractivity contribution is -0.120. The Balaban J connectivity index is 1.34. The van der Waals surface area contributed by atoms with Crippen LogP contribution in [-0.4, -0.2) is 54.6 Å². The average Bonchev–Trinajstić information content (AvgIpc) is 3.25. The molecule has 4 rings (SSSR count). The summed E-state index contributed by atoms with van der Waals surface area (Å²) in [6, 6.07) is 1.79. The van der Waals surface area contributed by atoms with Gasteiger partial charge < -0.3 is 16.0 Å². The molecule has 11 nitrogen and oxygen atoms in total. The normalized spacial score (nSPS) is 14.0. The molecule has 4 heterocycles. The maximum atomic E-state index is 12.3. The van der Waals surface area contributed by atoms with Crippen LogP contribution in [0.2, 0.25) is 0 Å². The number of carbonyl (C=O) groups excluding carboxylic acids is 2. The lowest BCUT2D eigenvalue weighted by Crippen LogP contribution is -2.52. The highest BCUT2D eigenvalue weighted by Gasteiger charge is 2.34. The highest BCUT2D eigenvalue weighted by atomic mass is 32.1. The first-order valence-electron chi connectivity index (χ1n) is 8.04. The second kappa shape index (κ2) is 7.07. The highest BCUT2D eigenvalue weighted by Crippen LogP contribution is 2.25. The summed E-state index contributed by atoms with van der Waals surface area (Å²) in [5.41, 5.74) is 5.69. The monoisotopic (exact) mass is 385 g/mol. The Hall–Kier alpha value is -3.41. The summed E-state index contributed by atoms with van der Waals surface area (Å²) >= 11 is 1.27. The van der Waals surface area contributed by atoms with E-state index >= 15 is 0 Å². The second-order valence-electron chi connectivity index (χ2n) is 5.95. The van der Waals surface area contributed by atoms with Crippen molar-refractivity contribution in [1.29, 1.82) is 0 Å². The van der Waals surface area contributed by atoms with Crippen molar-refractivity contribution < 1.29 is 9.59 Å². The van der Waals surface area contributed by atoms with Gasteiger partial charge in [0.25, 0.3) is 0 Å². The summed E-state index contributed by atoms with van der Waals surface area (Å²) in [6.07, 6.45) is 4.50. The first kappa shape index (κ1) is 17.0. The summed E-state index contributed by atoms with van der Waals surface area (Å²) in [5.74, 6) is 0.589. The van der Waals surface area contributed by atoms with Crippen LogP contribution < -0.4 is 16.0 Å². The number of hydrogen-bond acceptors (Lipinski definition) is 9. The van der Waals surface area contributed by atoms with Crippen LogP contribution in [0.15, 0.2) is 30.4 Å². The summed E-state index contributed by atoms with van der Waals surface area (Å²) < 4.78 is 1.54. The molecule has 0 unspecified atom stereocenters. The molecule has 12 heteroatoms. The van der Waals surface area contributed by atoms with Gasteiger partial charge in [-0.2, -0.15) is 5.10 Å². The van der Waals surface area contributed by atoms with Gasteiger partial charge in [0.2, 0.25) is 11.8 Å². The summed E-state index contributed by atoms with van der Waals surface area (Å²) in [7, 11) is 0. The van der Waals surface area contributed by atoms with E-state index < -0.39 is 5.91 Å². The van der Waals surface area contributed by atoms with Crippen molar-refractivity contribution in [3.63, 3.8) is 0 Å². The smallest absolute Gasteiger partial charge is 0.232 e. The Labute approximate surface area is 157 Å². The molecule has 3 N–H and O–H groups in total. The quantitative estimate of drug-likeness (QED) is 0.584. The van der Waals surface area contributed by atoms with E-state index in [1.165, 1.54) is 24.0 Å². The van der Waals surface area contributed by atoms with E-state index in [0.29, 0.717) is 29.7 Å². The van der Waals surface area contributed by atoms with Gasteiger partial charge in [-0.3, -0.25) is 9.59 Å². The third-order valence-electron chi connectivity index (χ3n) is 4.01. The molecule has 0 aliphatic carbocycles. The number of aromatic nitrogens is 6. The topological polar surface area (TPSA) is 145 Å². The molecule has 1 fully saturated rings. The van der Waals surface area contributed by atoms with Crippen LogP contribution in [0.25, 0.3) is 5.82 Å². The predicted octanol–water partition coefficient (Wildman–Crippen LogP) is -0.384. The zero-order valence-corrected chi connectivity index (χ0v) is 14.8. The molecule has 27 heavy (non-hydrogen) atoms. The van der Waals surface area contributed by atoms with Gasteiger partial charge >= 0.3 is 0 Å². The molecule has 0 bridgehead atoms. The lowest BCUT2D eigenvalue weighted by Gasteiger charge is -2.38. The fourth-order valence-electron chi connectivity index (χ4n) is 2.62. The van der Waals surface area contributed by atoms with Crippen LogP contribution in [-0.2, 0) is 16.0 Å². The lowest BCUT2D eigenvalue weighted by atomic mass is 9.99. The van der Waals surface area contributed by atoms with Crippen LogP contribution >= 0.6 is 11.3 Å². The molecule has 3 aromatic rings. The van der Waals surface area contributed by atoms with Crippen molar-refractivity contribution in [2.45, 2.75) is 6.42 Å². The Bertz CT molecular complexity index is 965. The fourth-order valence-corrected chi connectivity index (χ4v) is 3.34. The van der Waals surface area contributed by atoms with Gasteiger partial charge in [0.05, 0.1) is 18.0 Å². The third-order valence-corrected chi connectivity index (χ3v) is 4.81. The molecule has 1 aliphatic rings. The third kappa shape index (κ3) is 3.74. The number of hydrogen-bond donors (Lipinski definition) is 2.